The van der Waals surface area contributed by atoms with Crippen LogP contribution in [0.25, 0.3) is 0 Å². The molecule has 1 atom stereocenters. The monoisotopic (exact) mass is 444 g/mol. The van der Waals surface area contributed by atoms with Crippen LogP contribution in [0.4, 0.5) is 4.39 Å². The quantitative estimate of drug-likeness (QED) is 0.464. The molecule has 0 bridgehead atoms. The number of benzene rings is 2. The molecule has 0 heterocycles. The van der Waals surface area contributed by atoms with Crippen molar-refractivity contribution in [2.24, 2.45) is 0 Å². The molecule has 1 N–H and O–H groups in total. The summed E-state index contributed by atoms with van der Waals surface area (Å²) in [5.74, 6) is 0.453. The molecule has 0 aromatic heterocycles. The molecular weight excluding hydrogens is 411 g/mol. The first kappa shape index (κ1) is 24.9. The van der Waals surface area contributed by atoms with Crippen molar-refractivity contribution in [1.29, 1.82) is 0 Å². The molecule has 0 aliphatic carbocycles. The van der Waals surface area contributed by atoms with E-state index in [1.807, 2.05) is 38.1 Å². The van der Waals surface area contributed by atoms with Crippen molar-refractivity contribution in [3.63, 3.8) is 0 Å². The predicted molar refractivity (Wildman–Crippen MR) is 126 cm³/mol. The molecule has 2 aromatic rings. The SMILES string of the molecule is CCCCNC(=O)[C@@H](CC)N(Cc1ccccc1C)C(=O)CSCc1ccc(F)cc1. The van der Waals surface area contributed by atoms with Crippen LogP contribution in [0, 0.1) is 12.7 Å². The van der Waals surface area contributed by atoms with Crippen molar-refractivity contribution in [1.82, 2.24) is 10.2 Å². The Morgan fingerprint density at radius 2 is 1.81 bits per heavy atom. The Kier molecular flexibility index (Phi) is 10.6. The van der Waals surface area contributed by atoms with E-state index in [0.717, 1.165) is 29.5 Å². The lowest BCUT2D eigenvalue weighted by Gasteiger charge is -2.31. The summed E-state index contributed by atoms with van der Waals surface area (Å²) >= 11 is 1.48. The minimum Gasteiger partial charge on any atom is -0.354 e. The minimum absolute atomic E-state index is 0.0622. The van der Waals surface area contributed by atoms with E-state index < -0.39 is 6.04 Å². The van der Waals surface area contributed by atoms with Crippen molar-refractivity contribution >= 4 is 23.6 Å². The summed E-state index contributed by atoms with van der Waals surface area (Å²) < 4.78 is 13.1. The number of hydrogen-bond acceptors (Lipinski definition) is 3. The highest BCUT2D eigenvalue weighted by Gasteiger charge is 2.28. The van der Waals surface area contributed by atoms with E-state index in [4.69, 9.17) is 0 Å². The first-order valence-electron chi connectivity index (χ1n) is 10.9. The van der Waals surface area contributed by atoms with Crippen LogP contribution < -0.4 is 5.32 Å². The fraction of sp³-hybridized carbons (Fsp3) is 0.440. The fourth-order valence-electron chi connectivity index (χ4n) is 3.32. The number of carbonyl (C=O) groups excluding carboxylic acids is 2. The first-order valence-corrected chi connectivity index (χ1v) is 12.1. The standard InChI is InChI=1S/C25H33FN2O2S/c1-4-6-15-27-25(30)23(5-2)28(16-21-10-8-7-9-19(21)3)24(29)18-31-17-20-11-13-22(26)14-12-20/h7-14,23H,4-6,15-18H2,1-3H3,(H,27,30)/t23-/m1/s1. The number of thioether (sulfide) groups is 1. The third-order valence-electron chi connectivity index (χ3n) is 5.22. The maximum atomic E-state index is 13.2. The summed E-state index contributed by atoms with van der Waals surface area (Å²) in [6, 6.07) is 13.8. The number of hydrogen-bond donors (Lipinski definition) is 1. The number of unbranched alkanes of at least 4 members (excludes halogenated alkanes) is 1. The lowest BCUT2D eigenvalue weighted by molar-refractivity contribution is -0.139. The van der Waals surface area contributed by atoms with Crippen molar-refractivity contribution in [3.05, 3.63) is 71.0 Å². The molecule has 0 saturated carbocycles. The number of nitrogens with zero attached hydrogens (tertiary/aromatic N) is 1. The van der Waals surface area contributed by atoms with Gasteiger partial charge in [0.25, 0.3) is 0 Å². The molecule has 2 amide bonds. The van der Waals surface area contributed by atoms with Gasteiger partial charge in [0.1, 0.15) is 11.9 Å². The van der Waals surface area contributed by atoms with Gasteiger partial charge in [0.2, 0.25) is 11.8 Å². The Balaban J connectivity index is 2.10. The van der Waals surface area contributed by atoms with Crippen LogP contribution in [0.1, 0.15) is 49.8 Å². The second-order valence-electron chi connectivity index (χ2n) is 7.64. The Morgan fingerprint density at radius 1 is 1.10 bits per heavy atom. The van der Waals surface area contributed by atoms with Crippen LogP contribution >= 0.6 is 11.8 Å². The van der Waals surface area contributed by atoms with E-state index in [-0.39, 0.29) is 23.4 Å². The maximum absolute atomic E-state index is 13.2. The molecular formula is C25H33FN2O2S. The molecule has 0 spiro atoms. The molecule has 4 nitrogen and oxygen atoms in total. The smallest absolute Gasteiger partial charge is 0.242 e. The van der Waals surface area contributed by atoms with E-state index in [1.54, 1.807) is 17.0 Å². The van der Waals surface area contributed by atoms with E-state index in [9.17, 15) is 14.0 Å². The Labute approximate surface area is 189 Å². The molecule has 0 radical (unpaired) electrons. The molecule has 31 heavy (non-hydrogen) atoms. The molecule has 0 unspecified atom stereocenters. The molecule has 2 rings (SSSR count). The summed E-state index contributed by atoms with van der Waals surface area (Å²) in [6.07, 6.45) is 2.47. The zero-order valence-corrected chi connectivity index (χ0v) is 19.5. The third-order valence-corrected chi connectivity index (χ3v) is 6.21. The molecule has 168 valence electrons. The summed E-state index contributed by atoms with van der Waals surface area (Å²) in [6.45, 7) is 7.06. The van der Waals surface area contributed by atoms with Crippen LogP contribution in [0.5, 0.6) is 0 Å². The van der Waals surface area contributed by atoms with Gasteiger partial charge in [-0.25, -0.2) is 4.39 Å². The van der Waals surface area contributed by atoms with Gasteiger partial charge in [-0.3, -0.25) is 9.59 Å². The summed E-state index contributed by atoms with van der Waals surface area (Å²) in [7, 11) is 0. The van der Waals surface area contributed by atoms with Gasteiger partial charge in [-0.2, -0.15) is 0 Å². The number of halogens is 1. The minimum atomic E-state index is -0.504. The number of rotatable bonds is 12. The van der Waals surface area contributed by atoms with Gasteiger partial charge in [-0.1, -0.05) is 56.7 Å². The van der Waals surface area contributed by atoms with Crippen LogP contribution in [-0.4, -0.2) is 35.1 Å². The maximum Gasteiger partial charge on any atom is 0.242 e. The summed E-state index contributed by atoms with van der Waals surface area (Å²) in [5, 5.41) is 2.98. The van der Waals surface area contributed by atoms with Crippen molar-refractivity contribution in [2.45, 2.75) is 58.4 Å². The average Bonchev–Trinajstić information content (AvgIpc) is 2.76. The number of aryl methyl sites for hydroxylation is 1. The Bertz CT molecular complexity index is 842. The largest absolute Gasteiger partial charge is 0.354 e. The predicted octanol–water partition coefficient (Wildman–Crippen LogP) is 5.09. The van der Waals surface area contributed by atoms with Crippen LogP contribution in [0.3, 0.4) is 0 Å². The van der Waals surface area contributed by atoms with Gasteiger partial charge in [0.05, 0.1) is 5.75 Å². The molecule has 0 aliphatic rings. The molecule has 2 aromatic carbocycles. The van der Waals surface area contributed by atoms with Crippen LogP contribution in [-0.2, 0) is 21.9 Å². The topological polar surface area (TPSA) is 49.4 Å². The number of carbonyl (C=O) groups is 2. The van der Waals surface area contributed by atoms with Crippen molar-refractivity contribution in [3.8, 4) is 0 Å². The van der Waals surface area contributed by atoms with Crippen LogP contribution in [0.2, 0.25) is 0 Å². The van der Waals surface area contributed by atoms with E-state index in [0.29, 0.717) is 25.3 Å². The van der Waals surface area contributed by atoms with Crippen molar-refractivity contribution in [2.75, 3.05) is 12.3 Å². The van der Waals surface area contributed by atoms with Crippen LogP contribution in [0.15, 0.2) is 48.5 Å². The fourth-order valence-corrected chi connectivity index (χ4v) is 4.19. The van der Waals surface area contributed by atoms with E-state index in [1.165, 1.54) is 23.9 Å². The second kappa shape index (κ2) is 13.2. The first-order chi connectivity index (χ1) is 15.0. The molecule has 0 saturated heterocycles. The third kappa shape index (κ3) is 8.02. The molecule has 0 aliphatic heterocycles. The number of amides is 2. The summed E-state index contributed by atoms with van der Waals surface area (Å²) in [4.78, 5) is 27.8. The van der Waals surface area contributed by atoms with Gasteiger partial charge in [0.15, 0.2) is 0 Å². The summed E-state index contributed by atoms with van der Waals surface area (Å²) in [5.41, 5.74) is 3.11. The lowest BCUT2D eigenvalue weighted by atomic mass is 10.1. The van der Waals surface area contributed by atoms with Gasteiger partial charge in [-0.15, -0.1) is 11.8 Å². The van der Waals surface area contributed by atoms with Gasteiger partial charge < -0.3 is 10.2 Å². The Hall–Kier alpha value is -2.34. The normalized spacial score (nSPS) is 11.7. The van der Waals surface area contributed by atoms with Crippen molar-refractivity contribution < 1.29 is 14.0 Å². The number of nitrogens with one attached hydrogen (secondary N) is 1. The lowest BCUT2D eigenvalue weighted by Crippen LogP contribution is -2.49. The van der Waals surface area contributed by atoms with E-state index >= 15 is 0 Å². The highest BCUT2D eigenvalue weighted by atomic mass is 32.2. The van der Waals surface area contributed by atoms with Gasteiger partial charge >= 0.3 is 0 Å². The molecule has 0 fully saturated rings. The Morgan fingerprint density at radius 3 is 2.45 bits per heavy atom. The zero-order chi connectivity index (χ0) is 22.6. The second-order valence-corrected chi connectivity index (χ2v) is 8.62. The van der Waals surface area contributed by atoms with Gasteiger partial charge in [-0.05, 0) is 48.6 Å². The average molecular weight is 445 g/mol. The molecule has 6 heteroatoms. The van der Waals surface area contributed by atoms with E-state index in [2.05, 4.69) is 12.2 Å². The zero-order valence-electron chi connectivity index (χ0n) is 18.7. The highest BCUT2D eigenvalue weighted by Crippen LogP contribution is 2.19. The highest BCUT2D eigenvalue weighted by molar-refractivity contribution is 7.99. The van der Waals surface area contributed by atoms with Gasteiger partial charge in [0, 0.05) is 18.8 Å².